The minimum Gasteiger partial charge on any atom is -0.391 e. The Bertz CT molecular complexity index is 325. The molecule has 2 aliphatic rings. The van der Waals surface area contributed by atoms with Crippen molar-refractivity contribution in [3.8, 4) is 6.07 Å². The van der Waals surface area contributed by atoms with Crippen molar-refractivity contribution >= 4 is 0 Å². The van der Waals surface area contributed by atoms with Crippen LogP contribution in [0.2, 0.25) is 0 Å². The second kappa shape index (κ2) is 6.72. The molecule has 3 nitrogen and oxygen atoms in total. The molecule has 108 valence electrons. The van der Waals surface area contributed by atoms with Gasteiger partial charge in [-0.05, 0) is 45.1 Å². The van der Waals surface area contributed by atoms with Crippen LogP contribution in [0.25, 0.3) is 0 Å². The van der Waals surface area contributed by atoms with Crippen molar-refractivity contribution in [1.29, 1.82) is 5.26 Å². The van der Waals surface area contributed by atoms with Crippen LogP contribution in [-0.2, 0) is 0 Å². The molecule has 0 spiro atoms. The van der Waals surface area contributed by atoms with E-state index in [2.05, 4.69) is 24.9 Å². The van der Waals surface area contributed by atoms with Crippen LogP contribution in [0.4, 0.5) is 0 Å². The number of hydrogen-bond acceptors (Lipinski definition) is 3. The third-order valence-electron chi connectivity index (χ3n) is 5.41. The molecule has 0 aromatic rings. The lowest BCUT2D eigenvalue weighted by Gasteiger charge is -2.44. The van der Waals surface area contributed by atoms with Crippen molar-refractivity contribution in [3.63, 3.8) is 0 Å². The van der Waals surface area contributed by atoms with Gasteiger partial charge in [-0.25, -0.2) is 0 Å². The summed E-state index contributed by atoms with van der Waals surface area (Å²) in [4.78, 5) is 2.35. The van der Waals surface area contributed by atoms with Crippen LogP contribution in [0.15, 0.2) is 0 Å². The smallest absolute Gasteiger partial charge is 0.0695 e. The molecule has 0 radical (unpaired) electrons. The van der Waals surface area contributed by atoms with Crippen molar-refractivity contribution < 1.29 is 5.11 Å². The van der Waals surface area contributed by atoms with Crippen molar-refractivity contribution in [3.05, 3.63) is 0 Å². The monoisotopic (exact) mass is 264 g/mol. The van der Waals surface area contributed by atoms with Gasteiger partial charge in [0.05, 0.1) is 18.1 Å². The summed E-state index contributed by atoms with van der Waals surface area (Å²) in [6.07, 6.45) is 8.77. The van der Waals surface area contributed by atoms with E-state index in [9.17, 15) is 10.4 Å². The number of aliphatic hydroxyl groups is 1. The van der Waals surface area contributed by atoms with Gasteiger partial charge in [0.25, 0.3) is 0 Å². The van der Waals surface area contributed by atoms with Crippen molar-refractivity contribution in [2.24, 2.45) is 11.8 Å². The first-order valence-electron chi connectivity index (χ1n) is 7.97. The Labute approximate surface area is 117 Å². The van der Waals surface area contributed by atoms with Gasteiger partial charge < -0.3 is 5.11 Å². The van der Waals surface area contributed by atoms with Crippen LogP contribution in [0.3, 0.4) is 0 Å². The molecule has 0 bridgehead atoms. The number of likely N-dealkylation sites (N-methyl/N-ethyl adjacent to an activating group) is 1. The summed E-state index contributed by atoms with van der Waals surface area (Å²) in [7, 11) is 2.13. The van der Waals surface area contributed by atoms with E-state index < -0.39 is 0 Å². The number of nitrogens with zero attached hydrogens (tertiary/aromatic N) is 2. The second-order valence-corrected chi connectivity index (χ2v) is 6.47. The van der Waals surface area contributed by atoms with Crippen molar-refractivity contribution in [2.45, 2.75) is 76.5 Å². The normalized spacial score (nSPS) is 40.1. The van der Waals surface area contributed by atoms with Gasteiger partial charge in [-0.1, -0.05) is 26.2 Å². The van der Waals surface area contributed by atoms with Crippen molar-refractivity contribution in [2.75, 3.05) is 7.05 Å². The molecule has 1 N–H and O–H groups in total. The Morgan fingerprint density at radius 1 is 1.16 bits per heavy atom. The highest BCUT2D eigenvalue weighted by Gasteiger charge is 2.37. The minimum atomic E-state index is -0.194. The van der Waals surface area contributed by atoms with E-state index in [4.69, 9.17) is 0 Å². The lowest BCUT2D eigenvalue weighted by molar-refractivity contribution is -0.00965. The fourth-order valence-corrected chi connectivity index (χ4v) is 4.02. The van der Waals surface area contributed by atoms with Crippen LogP contribution >= 0.6 is 0 Å². The molecule has 5 unspecified atom stereocenters. The molecule has 0 amide bonds. The number of rotatable bonds is 3. The quantitative estimate of drug-likeness (QED) is 0.852. The SMILES string of the molecule is CCC1CCC(C#N)C(N(C)C2CCCCC2O)C1. The summed E-state index contributed by atoms with van der Waals surface area (Å²) in [5.74, 6) is 0.916. The van der Waals surface area contributed by atoms with Gasteiger partial charge in [-0.3, -0.25) is 4.90 Å². The van der Waals surface area contributed by atoms with Crippen LogP contribution in [0.5, 0.6) is 0 Å². The zero-order valence-corrected chi connectivity index (χ0v) is 12.4. The fraction of sp³-hybridized carbons (Fsp3) is 0.938. The molecule has 2 aliphatic carbocycles. The van der Waals surface area contributed by atoms with Gasteiger partial charge in [-0.15, -0.1) is 0 Å². The Morgan fingerprint density at radius 2 is 1.89 bits per heavy atom. The lowest BCUT2D eigenvalue weighted by atomic mass is 9.76. The molecule has 0 aromatic heterocycles. The van der Waals surface area contributed by atoms with Gasteiger partial charge in [0.1, 0.15) is 0 Å². The third-order valence-corrected chi connectivity index (χ3v) is 5.41. The average Bonchev–Trinajstić information content (AvgIpc) is 2.46. The molecular formula is C16H28N2O. The van der Waals surface area contributed by atoms with Crippen LogP contribution in [-0.4, -0.2) is 35.2 Å². The summed E-state index contributed by atoms with van der Waals surface area (Å²) >= 11 is 0. The maximum Gasteiger partial charge on any atom is 0.0695 e. The molecule has 2 saturated carbocycles. The summed E-state index contributed by atoms with van der Waals surface area (Å²) in [5.41, 5.74) is 0. The van der Waals surface area contributed by atoms with Gasteiger partial charge in [0.15, 0.2) is 0 Å². The highest BCUT2D eigenvalue weighted by atomic mass is 16.3. The highest BCUT2D eigenvalue weighted by Crippen LogP contribution is 2.36. The fourth-order valence-electron chi connectivity index (χ4n) is 4.02. The first kappa shape index (κ1) is 14.8. The molecule has 2 fully saturated rings. The van der Waals surface area contributed by atoms with E-state index in [1.54, 1.807) is 0 Å². The number of aliphatic hydroxyl groups excluding tert-OH is 1. The Balaban J connectivity index is 2.05. The molecule has 2 rings (SSSR count). The Morgan fingerprint density at radius 3 is 2.53 bits per heavy atom. The van der Waals surface area contributed by atoms with Crippen LogP contribution in [0, 0.1) is 23.2 Å². The predicted molar refractivity (Wildman–Crippen MR) is 76.5 cm³/mol. The predicted octanol–water partition coefficient (Wildman–Crippen LogP) is 2.94. The zero-order chi connectivity index (χ0) is 13.8. The first-order chi connectivity index (χ1) is 9.17. The lowest BCUT2D eigenvalue weighted by Crippen LogP contribution is -2.52. The van der Waals surface area contributed by atoms with Gasteiger partial charge in [0.2, 0.25) is 0 Å². The molecule has 0 saturated heterocycles. The summed E-state index contributed by atoms with van der Waals surface area (Å²) < 4.78 is 0. The largest absolute Gasteiger partial charge is 0.391 e. The van der Waals surface area contributed by atoms with E-state index in [-0.39, 0.29) is 18.1 Å². The van der Waals surface area contributed by atoms with E-state index in [0.717, 1.165) is 38.0 Å². The minimum absolute atomic E-state index is 0.155. The van der Waals surface area contributed by atoms with Gasteiger partial charge in [-0.2, -0.15) is 5.26 Å². The summed E-state index contributed by atoms with van der Waals surface area (Å²) in [6.45, 7) is 2.25. The third kappa shape index (κ3) is 3.30. The number of nitriles is 1. The first-order valence-corrected chi connectivity index (χ1v) is 7.97. The van der Waals surface area contributed by atoms with E-state index >= 15 is 0 Å². The van der Waals surface area contributed by atoms with Crippen LogP contribution in [0.1, 0.15) is 58.3 Å². The van der Waals surface area contributed by atoms with E-state index in [1.165, 1.54) is 19.3 Å². The molecule has 0 heterocycles. The summed E-state index contributed by atoms with van der Waals surface area (Å²) in [6, 6.07) is 3.13. The molecule has 19 heavy (non-hydrogen) atoms. The topological polar surface area (TPSA) is 47.3 Å². The standard InChI is InChI=1S/C16H28N2O/c1-3-12-8-9-13(11-17)15(10-12)18(2)14-6-4-5-7-16(14)19/h12-16,19H,3-10H2,1-2H3. The summed E-state index contributed by atoms with van der Waals surface area (Å²) in [5, 5.41) is 19.6. The molecule has 0 aliphatic heterocycles. The second-order valence-electron chi connectivity index (χ2n) is 6.47. The zero-order valence-electron chi connectivity index (χ0n) is 12.4. The maximum atomic E-state index is 10.2. The van der Waals surface area contributed by atoms with Crippen molar-refractivity contribution in [1.82, 2.24) is 4.90 Å². The molecular weight excluding hydrogens is 236 g/mol. The average molecular weight is 264 g/mol. The van der Waals surface area contributed by atoms with E-state index in [0.29, 0.717) is 6.04 Å². The maximum absolute atomic E-state index is 10.2. The molecule has 5 atom stereocenters. The Kier molecular flexibility index (Phi) is 5.24. The molecule has 3 heteroatoms. The van der Waals surface area contributed by atoms with Crippen LogP contribution < -0.4 is 0 Å². The number of hydrogen-bond donors (Lipinski definition) is 1. The Hall–Kier alpha value is -0.590. The highest BCUT2D eigenvalue weighted by molar-refractivity contribution is 4.99. The van der Waals surface area contributed by atoms with Gasteiger partial charge in [0, 0.05) is 12.1 Å². The van der Waals surface area contributed by atoms with E-state index in [1.807, 2.05) is 0 Å². The molecule has 0 aromatic carbocycles. The van der Waals surface area contributed by atoms with Gasteiger partial charge >= 0.3 is 0 Å².